The molecule has 0 saturated carbocycles. The topological polar surface area (TPSA) is 49.9 Å². The smallest absolute Gasteiger partial charge is 0.410 e. The molecule has 1 saturated heterocycles. The van der Waals surface area contributed by atoms with Crippen LogP contribution in [0.3, 0.4) is 0 Å². The fourth-order valence-electron chi connectivity index (χ4n) is 3.34. The highest BCUT2D eigenvalue weighted by molar-refractivity contribution is 5.93. The second kappa shape index (κ2) is 8.52. The molecule has 3 rings (SSSR count). The number of ketones is 1. The number of amides is 1. The largest absolute Gasteiger partial charge is 0.450 e. The van der Waals surface area contributed by atoms with Crippen LogP contribution in [0.2, 0.25) is 0 Å². The van der Waals surface area contributed by atoms with Crippen molar-refractivity contribution in [3.63, 3.8) is 0 Å². The molecule has 1 amide bonds. The van der Waals surface area contributed by atoms with E-state index in [1.807, 2.05) is 60.7 Å². The number of para-hydroxylation sites is 2. The highest BCUT2D eigenvalue weighted by atomic mass is 16.6. The lowest BCUT2D eigenvalue weighted by Crippen LogP contribution is -2.42. The molecular formula is C21H24N2O3. The number of hydrogen-bond acceptors (Lipinski definition) is 4. The van der Waals surface area contributed by atoms with Crippen LogP contribution in [0.25, 0.3) is 0 Å². The number of likely N-dealkylation sites (tertiary alicyclic amines) is 1. The van der Waals surface area contributed by atoms with Crippen molar-refractivity contribution in [1.82, 2.24) is 4.90 Å². The summed E-state index contributed by atoms with van der Waals surface area (Å²) in [5.74, 6) is 0.0308. The quantitative estimate of drug-likeness (QED) is 0.834. The van der Waals surface area contributed by atoms with Crippen LogP contribution < -0.4 is 4.90 Å². The number of ether oxygens (including phenoxy) is 1. The van der Waals surface area contributed by atoms with E-state index in [4.69, 9.17) is 4.74 Å². The van der Waals surface area contributed by atoms with Crippen LogP contribution in [0.1, 0.15) is 19.8 Å². The molecule has 5 nitrogen and oxygen atoms in total. The average Bonchev–Trinajstić information content (AvgIpc) is 2.86. The molecule has 0 bridgehead atoms. The molecule has 1 atom stereocenters. The van der Waals surface area contributed by atoms with E-state index in [0.29, 0.717) is 19.6 Å². The van der Waals surface area contributed by atoms with Gasteiger partial charge in [0, 0.05) is 17.9 Å². The summed E-state index contributed by atoms with van der Waals surface area (Å²) >= 11 is 0. The summed E-state index contributed by atoms with van der Waals surface area (Å²) in [4.78, 5) is 28.7. The van der Waals surface area contributed by atoms with E-state index in [1.165, 1.54) is 4.90 Å². The van der Waals surface area contributed by atoms with Gasteiger partial charge in [-0.3, -0.25) is 4.79 Å². The lowest BCUT2D eigenvalue weighted by molar-refractivity contribution is -0.120. The molecule has 2 aromatic carbocycles. The van der Waals surface area contributed by atoms with Gasteiger partial charge in [0.05, 0.1) is 19.2 Å². The first-order valence-corrected chi connectivity index (χ1v) is 9.04. The zero-order chi connectivity index (χ0) is 18.4. The highest BCUT2D eigenvalue weighted by Gasteiger charge is 2.32. The van der Waals surface area contributed by atoms with Crippen LogP contribution in [0.15, 0.2) is 60.7 Å². The summed E-state index contributed by atoms with van der Waals surface area (Å²) in [5, 5.41) is 0. The van der Waals surface area contributed by atoms with Gasteiger partial charge < -0.3 is 14.5 Å². The van der Waals surface area contributed by atoms with Gasteiger partial charge in [-0.1, -0.05) is 36.4 Å². The van der Waals surface area contributed by atoms with Gasteiger partial charge in [0.15, 0.2) is 5.78 Å². The molecule has 0 spiro atoms. The second-order valence-electron chi connectivity index (χ2n) is 6.29. The van der Waals surface area contributed by atoms with Crippen molar-refractivity contribution < 1.29 is 14.3 Å². The zero-order valence-electron chi connectivity index (χ0n) is 15.0. The number of benzene rings is 2. The Balaban J connectivity index is 1.89. The number of rotatable bonds is 4. The van der Waals surface area contributed by atoms with E-state index in [1.54, 1.807) is 6.92 Å². The van der Waals surface area contributed by atoms with Crippen LogP contribution in [0.5, 0.6) is 0 Å². The number of carbonyl (C=O) groups is 2. The van der Waals surface area contributed by atoms with Crippen LogP contribution in [0.4, 0.5) is 16.2 Å². The number of Topliss-reactive ketones (excluding diaryl/α,β-unsaturated/α-hetero) is 1. The van der Waals surface area contributed by atoms with Gasteiger partial charge in [-0.2, -0.15) is 0 Å². The highest BCUT2D eigenvalue weighted by Crippen LogP contribution is 2.30. The Kier molecular flexibility index (Phi) is 5.89. The summed E-state index contributed by atoms with van der Waals surface area (Å²) in [6, 6.07) is 19.5. The third-order valence-electron chi connectivity index (χ3n) is 4.53. The van der Waals surface area contributed by atoms with Crippen molar-refractivity contribution in [3.05, 3.63) is 60.7 Å². The fourth-order valence-corrected chi connectivity index (χ4v) is 3.34. The van der Waals surface area contributed by atoms with Crippen LogP contribution in [-0.2, 0) is 9.53 Å². The van der Waals surface area contributed by atoms with E-state index in [-0.39, 0.29) is 18.4 Å². The summed E-state index contributed by atoms with van der Waals surface area (Å²) in [6.07, 6.45) is 1.04. The van der Waals surface area contributed by atoms with Crippen LogP contribution >= 0.6 is 0 Å². The number of nitrogens with zero attached hydrogens (tertiary/aromatic N) is 2. The molecule has 1 heterocycles. The lowest BCUT2D eigenvalue weighted by Gasteiger charge is -2.32. The maximum atomic E-state index is 13.0. The monoisotopic (exact) mass is 352 g/mol. The van der Waals surface area contributed by atoms with Gasteiger partial charge in [0.25, 0.3) is 0 Å². The molecule has 5 heteroatoms. The van der Waals surface area contributed by atoms with Crippen molar-refractivity contribution in [3.8, 4) is 0 Å². The summed E-state index contributed by atoms with van der Waals surface area (Å²) in [5.41, 5.74) is 1.95. The molecule has 136 valence electrons. The van der Waals surface area contributed by atoms with Gasteiger partial charge in [-0.05, 0) is 44.0 Å². The molecule has 1 aliphatic heterocycles. The van der Waals surface area contributed by atoms with E-state index >= 15 is 0 Å². The maximum Gasteiger partial charge on any atom is 0.410 e. The summed E-state index contributed by atoms with van der Waals surface area (Å²) in [6.45, 7) is 2.71. The third kappa shape index (κ3) is 4.04. The van der Waals surface area contributed by atoms with Crippen molar-refractivity contribution in [2.45, 2.75) is 25.8 Å². The van der Waals surface area contributed by atoms with E-state index < -0.39 is 6.09 Å². The van der Waals surface area contributed by atoms with Crippen LogP contribution in [-0.4, -0.2) is 42.5 Å². The predicted octanol–water partition coefficient (Wildman–Crippen LogP) is 4.01. The fraction of sp³-hybridized carbons (Fsp3) is 0.333. The summed E-state index contributed by atoms with van der Waals surface area (Å²) < 4.78 is 5.07. The molecule has 0 aliphatic carbocycles. The Bertz CT molecular complexity index is 694. The molecule has 0 radical (unpaired) electrons. The van der Waals surface area contributed by atoms with Gasteiger partial charge >= 0.3 is 6.09 Å². The zero-order valence-corrected chi connectivity index (χ0v) is 15.0. The Labute approximate surface area is 154 Å². The average molecular weight is 352 g/mol. The van der Waals surface area contributed by atoms with Crippen molar-refractivity contribution in [1.29, 1.82) is 0 Å². The number of hydrogen-bond donors (Lipinski definition) is 0. The molecular weight excluding hydrogens is 328 g/mol. The third-order valence-corrected chi connectivity index (χ3v) is 4.53. The number of carbonyl (C=O) groups excluding carboxylic acids is 2. The summed E-state index contributed by atoms with van der Waals surface area (Å²) in [7, 11) is 0. The Morgan fingerprint density at radius 1 is 1.08 bits per heavy atom. The van der Waals surface area contributed by atoms with E-state index in [0.717, 1.165) is 17.8 Å². The van der Waals surface area contributed by atoms with Crippen molar-refractivity contribution in [2.75, 3.05) is 24.6 Å². The SMILES string of the molecule is CCOC(=O)N1CCCC(N(c2ccccc2)c2ccccc2)C(=O)C1. The van der Waals surface area contributed by atoms with Gasteiger partial charge in [0.1, 0.15) is 0 Å². The Hall–Kier alpha value is -2.82. The Morgan fingerprint density at radius 3 is 2.19 bits per heavy atom. The molecule has 1 fully saturated rings. The predicted molar refractivity (Wildman–Crippen MR) is 102 cm³/mol. The molecule has 0 N–H and O–H groups in total. The van der Waals surface area contributed by atoms with Gasteiger partial charge in [-0.15, -0.1) is 0 Å². The molecule has 0 aromatic heterocycles. The van der Waals surface area contributed by atoms with Crippen molar-refractivity contribution >= 4 is 23.3 Å². The standard InChI is InChI=1S/C21H24N2O3/c1-2-26-21(25)22-15-9-14-19(20(24)16-22)23(17-10-5-3-6-11-17)18-12-7-4-8-13-18/h3-8,10-13,19H,2,9,14-16H2,1H3. The second-order valence-corrected chi connectivity index (χ2v) is 6.29. The minimum atomic E-state index is -0.410. The minimum Gasteiger partial charge on any atom is -0.450 e. The number of anilines is 2. The lowest BCUT2D eigenvalue weighted by atomic mass is 10.0. The maximum absolute atomic E-state index is 13.0. The molecule has 1 aliphatic rings. The molecule has 1 unspecified atom stereocenters. The van der Waals surface area contributed by atoms with Gasteiger partial charge in [0.2, 0.25) is 0 Å². The molecule has 2 aromatic rings. The first-order valence-electron chi connectivity index (χ1n) is 9.04. The first kappa shape index (κ1) is 18.0. The first-order chi connectivity index (χ1) is 12.7. The van der Waals surface area contributed by atoms with Crippen LogP contribution in [0, 0.1) is 0 Å². The van der Waals surface area contributed by atoms with Gasteiger partial charge in [-0.25, -0.2) is 4.79 Å². The van der Waals surface area contributed by atoms with Crippen molar-refractivity contribution in [2.24, 2.45) is 0 Å². The van der Waals surface area contributed by atoms with E-state index in [9.17, 15) is 9.59 Å². The minimum absolute atomic E-state index is 0.0308. The molecule has 26 heavy (non-hydrogen) atoms. The van der Waals surface area contributed by atoms with E-state index in [2.05, 4.69) is 4.90 Å². The Morgan fingerprint density at radius 2 is 1.65 bits per heavy atom. The normalized spacial score (nSPS) is 17.5.